The molecule has 26 heavy (non-hydrogen) atoms. The minimum absolute atomic E-state index is 0.00318. The number of rotatable bonds is 7. The molecule has 144 valence electrons. The number of Topliss-reactive ketones (excluding diaryl/α,β-unsaturated/α-hetero) is 1. The van der Waals surface area contributed by atoms with Crippen molar-refractivity contribution in [2.24, 2.45) is 16.7 Å². The van der Waals surface area contributed by atoms with E-state index >= 15 is 0 Å². The Labute approximate surface area is 157 Å². The van der Waals surface area contributed by atoms with Gasteiger partial charge in [-0.1, -0.05) is 13.8 Å². The summed E-state index contributed by atoms with van der Waals surface area (Å²) in [5.41, 5.74) is -0.659. The molecule has 2 saturated carbocycles. The van der Waals surface area contributed by atoms with Gasteiger partial charge in [0.15, 0.2) is 5.13 Å². The van der Waals surface area contributed by atoms with Crippen LogP contribution >= 0.6 is 11.3 Å². The third kappa shape index (κ3) is 3.26. The lowest BCUT2D eigenvalue weighted by molar-refractivity contribution is -0.142. The number of ether oxygens (including phenoxy) is 1. The van der Waals surface area contributed by atoms with Gasteiger partial charge in [-0.15, -0.1) is 11.3 Å². The summed E-state index contributed by atoms with van der Waals surface area (Å²) in [5, 5.41) is 1.84. The Morgan fingerprint density at radius 2 is 2.19 bits per heavy atom. The van der Waals surface area contributed by atoms with Crippen LogP contribution in [0.1, 0.15) is 45.7 Å². The summed E-state index contributed by atoms with van der Waals surface area (Å²) < 4.78 is 32.8. The number of carbonyl (C=O) groups is 2. The number of esters is 1. The van der Waals surface area contributed by atoms with Gasteiger partial charge < -0.3 is 4.74 Å². The molecule has 0 amide bonds. The molecule has 3 rings (SSSR count). The van der Waals surface area contributed by atoms with Crippen LogP contribution in [-0.2, 0) is 30.8 Å². The molecule has 2 aliphatic carbocycles. The van der Waals surface area contributed by atoms with Crippen LogP contribution in [0.25, 0.3) is 0 Å². The number of thiazole rings is 1. The lowest BCUT2D eigenvalue weighted by atomic mass is 9.70. The molecule has 2 aliphatic rings. The van der Waals surface area contributed by atoms with Crippen molar-refractivity contribution in [2.45, 2.75) is 46.5 Å². The lowest BCUT2D eigenvalue weighted by Gasteiger charge is -2.36. The highest BCUT2D eigenvalue weighted by Crippen LogP contribution is 2.64. The van der Waals surface area contributed by atoms with E-state index < -0.39 is 21.4 Å². The summed E-state index contributed by atoms with van der Waals surface area (Å²) in [7, 11) is -3.73. The maximum absolute atomic E-state index is 12.7. The molecular formula is C17H24N2O5S2. The van der Waals surface area contributed by atoms with E-state index in [1.165, 1.54) is 0 Å². The normalized spacial score (nSPS) is 26.9. The Hall–Kier alpha value is -1.48. The fourth-order valence-electron chi connectivity index (χ4n) is 4.40. The Bertz CT molecular complexity index is 830. The second kappa shape index (κ2) is 6.60. The smallest absolute Gasteiger partial charge is 0.311 e. The summed E-state index contributed by atoms with van der Waals surface area (Å²) in [6.45, 7) is 6.02. The first kappa shape index (κ1) is 19.3. The molecule has 2 fully saturated rings. The number of hydrogen-bond donors (Lipinski definition) is 1. The van der Waals surface area contributed by atoms with Crippen molar-refractivity contribution in [3.63, 3.8) is 0 Å². The number of nitrogens with one attached hydrogen (secondary N) is 1. The van der Waals surface area contributed by atoms with Crippen molar-refractivity contribution in [3.8, 4) is 0 Å². The van der Waals surface area contributed by atoms with Gasteiger partial charge in [-0.25, -0.2) is 13.4 Å². The topological polar surface area (TPSA) is 102 Å². The van der Waals surface area contributed by atoms with E-state index in [4.69, 9.17) is 4.74 Å². The van der Waals surface area contributed by atoms with Gasteiger partial charge in [-0.2, -0.15) is 0 Å². The number of fused-ring (bicyclic) bond motifs is 2. The van der Waals surface area contributed by atoms with Crippen LogP contribution in [0.3, 0.4) is 0 Å². The zero-order valence-corrected chi connectivity index (χ0v) is 16.8. The molecule has 2 atom stereocenters. The summed E-state index contributed by atoms with van der Waals surface area (Å²) in [6, 6.07) is 0. The van der Waals surface area contributed by atoms with E-state index in [-0.39, 0.29) is 41.0 Å². The van der Waals surface area contributed by atoms with Gasteiger partial charge in [0.2, 0.25) is 10.0 Å². The van der Waals surface area contributed by atoms with Gasteiger partial charge in [0.25, 0.3) is 0 Å². The zero-order chi connectivity index (χ0) is 19.2. The first-order valence-electron chi connectivity index (χ1n) is 8.73. The van der Waals surface area contributed by atoms with Crippen LogP contribution in [0.2, 0.25) is 0 Å². The third-order valence-electron chi connectivity index (χ3n) is 6.00. The van der Waals surface area contributed by atoms with E-state index in [0.29, 0.717) is 18.5 Å². The van der Waals surface area contributed by atoms with Gasteiger partial charge in [-0.3, -0.25) is 14.3 Å². The van der Waals surface area contributed by atoms with E-state index in [1.807, 2.05) is 13.8 Å². The minimum Gasteiger partial charge on any atom is -0.466 e. The fraction of sp³-hybridized carbons (Fsp3) is 0.706. The predicted molar refractivity (Wildman–Crippen MR) is 98.4 cm³/mol. The van der Waals surface area contributed by atoms with Crippen molar-refractivity contribution in [3.05, 3.63) is 11.1 Å². The molecular weight excluding hydrogens is 376 g/mol. The average Bonchev–Trinajstić information content (AvgIpc) is 3.09. The highest BCUT2D eigenvalue weighted by Gasteiger charge is 2.65. The van der Waals surface area contributed by atoms with Crippen LogP contribution in [0.15, 0.2) is 5.38 Å². The van der Waals surface area contributed by atoms with Gasteiger partial charge in [0.05, 0.1) is 29.9 Å². The van der Waals surface area contributed by atoms with E-state index in [9.17, 15) is 18.0 Å². The lowest BCUT2D eigenvalue weighted by Crippen LogP contribution is -2.43. The Kier molecular flexibility index (Phi) is 4.89. The van der Waals surface area contributed by atoms with Crippen molar-refractivity contribution < 1.29 is 22.7 Å². The number of hydrogen-bond acceptors (Lipinski definition) is 7. The van der Waals surface area contributed by atoms with Crippen LogP contribution in [-0.4, -0.2) is 37.5 Å². The van der Waals surface area contributed by atoms with Crippen molar-refractivity contribution >= 4 is 38.2 Å². The highest BCUT2D eigenvalue weighted by molar-refractivity contribution is 7.92. The van der Waals surface area contributed by atoms with Gasteiger partial charge in [-0.05, 0) is 31.1 Å². The van der Waals surface area contributed by atoms with Crippen molar-refractivity contribution in [1.82, 2.24) is 4.98 Å². The summed E-state index contributed by atoms with van der Waals surface area (Å²) >= 11 is 1.12. The Morgan fingerprint density at radius 1 is 1.46 bits per heavy atom. The molecule has 0 radical (unpaired) electrons. The van der Waals surface area contributed by atoms with Crippen LogP contribution < -0.4 is 4.72 Å². The Morgan fingerprint density at radius 3 is 2.77 bits per heavy atom. The van der Waals surface area contributed by atoms with Crippen LogP contribution in [0, 0.1) is 16.7 Å². The molecule has 1 heterocycles. The predicted octanol–water partition coefficient (Wildman–Crippen LogP) is 2.39. The maximum Gasteiger partial charge on any atom is 0.311 e. The molecule has 9 heteroatoms. The van der Waals surface area contributed by atoms with E-state index in [2.05, 4.69) is 9.71 Å². The summed E-state index contributed by atoms with van der Waals surface area (Å²) in [4.78, 5) is 28.2. The molecule has 2 bridgehead atoms. The number of sulfonamides is 1. The maximum atomic E-state index is 12.7. The van der Waals surface area contributed by atoms with Crippen molar-refractivity contribution in [2.75, 3.05) is 17.1 Å². The van der Waals surface area contributed by atoms with Gasteiger partial charge >= 0.3 is 5.97 Å². The monoisotopic (exact) mass is 400 g/mol. The molecule has 0 spiro atoms. The minimum atomic E-state index is -3.73. The van der Waals surface area contributed by atoms with Gasteiger partial charge in [0.1, 0.15) is 5.78 Å². The molecule has 7 nitrogen and oxygen atoms in total. The fourth-order valence-corrected chi connectivity index (χ4v) is 7.23. The number of aromatic nitrogens is 1. The van der Waals surface area contributed by atoms with Crippen LogP contribution in [0.5, 0.6) is 0 Å². The SMILES string of the molecule is CCOC(=O)Cc1csc(NS(=O)(=O)C[C@@]23CC[C@@H](CC2=O)C3(C)C)n1. The van der Waals surface area contributed by atoms with Crippen molar-refractivity contribution in [1.29, 1.82) is 0 Å². The third-order valence-corrected chi connectivity index (χ3v) is 8.31. The number of nitrogens with zero attached hydrogens (tertiary/aromatic N) is 1. The first-order chi connectivity index (χ1) is 12.1. The quantitative estimate of drug-likeness (QED) is 0.705. The molecule has 1 aromatic heterocycles. The molecule has 0 saturated heterocycles. The summed E-state index contributed by atoms with van der Waals surface area (Å²) in [6.07, 6.45) is 2.00. The largest absolute Gasteiger partial charge is 0.466 e. The Balaban J connectivity index is 1.71. The van der Waals surface area contributed by atoms with E-state index in [0.717, 1.165) is 17.8 Å². The molecule has 1 N–H and O–H groups in total. The highest BCUT2D eigenvalue weighted by atomic mass is 32.2. The number of anilines is 1. The summed E-state index contributed by atoms with van der Waals surface area (Å²) in [5.74, 6) is -0.288. The first-order valence-corrected chi connectivity index (χ1v) is 11.3. The second-order valence-corrected chi connectivity index (χ2v) is 10.2. The second-order valence-electron chi connectivity index (χ2n) is 7.65. The standard InChI is InChI=1S/C17H24N2O5S2/c1-4-24-14(21)8-12-9-25-15(18-12)19-26(22,23)10-17-6-5-11(7-13(17)20)16(17,2)3/h9,11H,4-8,10H2,1-3H3,(H,18,19)/t11-,17-/m0/s1. The zero-order valence-electron chi connectivity index (χ0n) is 15.2. The van der Waals surface area contributed by atoms with Crippen LogP contribution in [0.4, 0.5) is 5.13 Å². The molecule has 0 aromatic carbocycles. The van der Waals surface area contributed by atoms with Gasteiger partial charge in [0, 0.05) is 11.8 Å². The molecule has 0 aliphatic heterocycles. The molecule has 0 unspecified atom stereocenters. The average molecular weight is 401 g/mol. The van der Waals surface area contributed by atoms with E-state index in [1.54, 1.807) is 12.3 Å². The number of carbonyl (C=O) groups excluding carboxylic acids is 2. The molecule has 1 aromatic rings. The number of ketones is 1.